The predicted molar refractivity (Wildman–Crippen MR) is 49.6 cm³/mol. The molecule has 0 amide bonds. The fourth-order valence-corrected chi connectivity index (χ4v) is 1.44. The van der Waals surface area contributed by atoms with Crippen LogP contribution in [0.15, 0.2) is 11.5 Å². The van der Waals surface area contributed by atoms with E-state index in [1.807, 2.05) is 18.4 Å². The predicted octanol–water partition coefficient (Wildman–Crippen LogP) is 1.81. The lowest BCUT2D eigenvalue weighted by Gasteiger charge is -1.83. The van der Waals surface area contributed by atoms with Crippen LogP contribution in [0.3, 0.4) is 0 Å². The maximum atomic E-state index is 5.33. The summed E-state index contributed by atoms with van der Waals surface area (Å²) in [5, 5.41) is 3.11. The van der Waals surface area contributed by atoms with E-state index in [9.17, 15) is 0 Å². The van der Waals surface area contributed by atoms with Crippen LogP contribution in [0, 0.1) is 6.92 Å². The summed E-state index contributed by atoms with van der Waals surface area (Å²) in [5.41, 5.74) is 6.42. The Balaban J connectivity index is 2.50. The first kappa shape index (κ1) is 8.43. The van der Waals surface area contributed by atoms with Crippen LogP contribution in [0.25, 0.3) is 6.08 Å². The molecule has 0 saturated carbocycles. The molecule has 1 aromatic heterocycles. The number of nitrogens with zero attached hydrogens (tertiary/aromatic N) is 1. The van der Waals surface area contributed by atoms with Gasteiger partial charge in [0.25, 0.3) is 0 Å². The van der Waals surface area contributed by atoms with E-state index in [-0.39, 0.29) is 0 Å². The van der Waals surface area contributed by atoms with Gasteiger partial charge in [0.2, 0.25) is 0 Å². The van der Waals surface area contributed by atoms with Gasteiger partial charge in [0, 0.05) is 11.1 Å². The molecule has 0 unspecified atom stereocenters. The van der Waals surface area contributed by atoms with Gasteiger partial charge in [0.1, 0.15) is 5.01 Å². The summed E-state index contributed by atoms with van der Waals surface area (Å²) in [6, 6.07) is 0. The Kier molecular flexibility index (Phi) is 3.26. The normalized spacial score (nSPS) is 11.1. The molecule has 0 spiro atoms. The number of aryl methyl sites for hydroxylation is 1. The summed E-state index contributed by atoms with van der Waals surface area (Å²) in [4.78, 5) is 4.27. The summed E-state index contributed by atoms with van der Waals surface area (Å²) in [5.74, 6) is 0. The third-order valence-corrected chi connectivity index (χ3v) is 2.16. The second-order valence-corrected chi connectivity index (χ2v) is 3.20. The minimum Gasteiger partial charge on any atom is -0.330 e. The first-order valence-corrected chi connectivity index (χ1v) is 4.49. The Morgan fingerprint density at radius 2 is 2.55 bits per heavy atom. The van der Waals surface area contributed by atoms with E-state index in [2.05, 4.69) is 11.1 Å². The Morgan fingerprint density at radius 3 is 3.09 bits per heavy atom. The molecule has 0 aliphatic heterocycles. The Labute approximate surface area is 70.8 Å². The highest BCUT2D eigenvalue weighted by atomic mass is 32.1. The summed E-state index contributed by atoms with van der Waals surface area (Å²) >= 11 is 1.66. The van der Waals surface area contributed by atoms with Crippen molar-refractivity contribution in [3.05, 3.63) is 22.2 Å². The van der Waals surface area contributed by atoms with E-state index in [4.69, 9.17) is 5.73 Å². The van der Waals surface area contributed by atoms with E-state index in [1.165, 1.54) is 0 Å². The van der Waals surface area contributed by atoms with Crippen LogP contribution in [0.2, 0.25) is 0 Å². The smallest absolute Gasteiger partial charge is 0.116 e. The van der Waals surface area contributed by atoms with Crippen LogP contribution in [0.5, 0.6) is 0 Å². The highest BCUT2D eigenvalue weighted by Gasteiger charge is 1.90. The van der Waals surface area contributed by atoms with E-state index < -0.39 is 0 Å². The van der Waals surface area contributed by atoms with Gasteiger partial charge in [-0.3, -0.25) is 0 Å². The Morgan fingerprint density at radius 1 is 1.73 bits per heavy atom. The maximum Gasteiger partial charge on any atom is 0.116 e. The molecule has 1 heterocycles. The SMILES string of the molecule is Cc1csc(/C=C/CCN)n1. The standard InChI is InChI=1S/C8H12N2S/c1-7-6-11-8(10-7)4-2-3-5-9/h2,4,6H,3,5,9H2,1H3/b4-2+. The number of thiazole rings is 1. The molecular formula is C8H12N2S. The molecule has 0 bridgehead atoms. The minimum absolute atomic E-state index is 0.709. The fourth-order valence-electron chi connectivity index (χ4n) is 0.729. The van der Waals surface area contributed by atoms with Gasteiger partial charge in [-0.15, -0.1) is 11.3 Å². The Hall–Kier alpha value is -0.670. The molecule has 0 aliphatic rings. The molecular weight excluding hydrogens is 156 g/mol. The number of nitrogens with two attached hydrogens (primary N) is 1. The van der Waals surface area contributed by atoms with Crippen molar-refractivity contribution in [2.75, 3.05) is 6.54 Å². The van der Waals surface area contributed by atoms with Gasteiger partial charge in [-0.1, -0.05) is 6.08 Å². The van der Waals surface area contributed by atoms with Crippen molar-refractivity contribution in [2.24, 2.45) is 5.73 Å². The average molecular weight is 168 g/mol. The molecule has 0 aromatic carbocycles. The van der Waals surface area contributed by atoms with Gasteiger partial charge in [0.05, 0.1) is 0 Å². The van der Waals surface area contributed by atoms with Gasteiger partial charge in [-0.05, 0) is 26.0 Å². The van der Waals surface area contributed by atoms with Crippen molar-refractivity contribution >= 4 is 17.4 Å². The van der Waals surface area contributed by atoms with Crippen molar-refractivity contribution in [1.82, 2.24) is 4.98 Å². The number of hydrogen-bond acceptors (Lipinski definition) is 3. The van der Waals surface area contributed by atoms with Gasteiger partial charge in [0.15, 0.2) is 0 Å². The Bertz CT molecular complexity index is 240. The second-order valence-electron chi connectivity index (χ2n) is 2.31. The van der Waals surface area contributed by atoms with E-state index in [0.29, 0.717) is 6.54 Å². The monoisotopic (exact) mass is 168 g/mol. The maximum absolute atomic E-state index is 5.33. The third kappa shape index (κ3) is 2.82. The molecule has 11 heavy (non-hydrogen) atoms. The fraction of sp³-hybridized carbons (Fsp3) is 0.375. The minimum atomic E-state index is 0.709. The molecule has 1 aromatic rings. The van der Waals surface area contributed by atoms with E-state index in [0.717, 1.165) is 17.1 Å². The summed E-state index contributed by atoms with van der Waals surface area (Å²) < 4.78 is 0. The van der Waals surface area contributed by atoms with Gasteiger partial charge < -0.3 is 5.73 Å². The van der Waals surface area contributed by atoms with Crippen molar-refractivity contribution in [2.45, 2.75) is 13.3 Å². The lowest BCUT2D eigenvalue weighted by atomic mass is 10.4. The first-order chi connectivity index (χ1) is 5.33. The zero-order valence-corrected chi connectivity index (χ0v) is 7.40. The average Bonchev–Trinajstić information content (AvgIpc) is 2.37. The molecule has 0 saturated heterocycles. The van der Waals surface area contributed by atoms with Crippen LogP contribution in [-0.4, -0.2) is 11.5 Å². The number of aromatic nitrogens is 1. The second kappa shape index (κ2) is 4.26. The molecule has 0 atom stereocenters. The van der Waals surface area contributed by atoms with E-state index in [1.54, 1.807) is 11.3 Å². The molecule has 0 fully saturated rings. The van der Waals surface area contributed by atoms with Crippen molar-refractivity contribution in [1.29, 1.82) is 0 Å². The first-order valence-electron chi connectivity index (χ1n) is 3.61. The summed E-state index contributed by atoms with van der Waals surface area (Å²) in [7, 11) is 0. The highest BCUT2D eigenvalue weighted by molar-refractivity contribution is 7.10. The van der Waals surface area contributed by atoms with Crippen molar-refractivity contribution in [3.8, 4) is 0 Å². The molecule has 1 rings (SSSR count). The lowest BCUT2D eigenvalue weighted by Crippen LogP contribution is -1.94. The molecule has 3 heteroatoms. The summed E-state index contributed by atoms with van der Waals surface area (Å²) in [6.07, 6.45) is 5.00. The van der Waals surface area contributed by atoms with Crippen LogP contribution in [-0.2, 0) is 0 Å². The highest BCUT2D eigenvalue weighted by Crippen LogP contribution is 2.10. The molecule has 60 valence electrons. The molecule has 2 nitrogen and oxygen atoms in total. The summed E-state index contributed by atoms with van der Waals surface area (Å²) in [6.45, 7) is 2.71. The van der Waals surface area contributed by atoms with Crippen LogP contribution >= 0.6 is 11.3 Å². The molecule has 0 aliphatic carbocycles. The molecule has 0 radical (unpaired) electrons. The van der Waals surface area contributed by atoms with Gasteiger partial charge in [-0.2, -0.15) is 0 Å². The number of hydrogen-bond donors (Lipinski definition) is 1. The van der Waals surface area contributed by atoms with Crippen LogP contribution < -0.4 is 5.73 Å². The van der Waals surface area contributed by atoms with Crippen LogP contribution in [0.1, 0.15) is 17.1 Å². The third-order valence-electron chi connectivity index (χ3n) is 1.23. The quantitative estimate of drug-likeness (QED) is 0.747. The van der Waals surface area contributed by atoms with Crippen LogP contribution in [0.4, 0.5) is 0 Å². The van der Waals surface area contributed by atoms with Gasteiger partial charge in [-0.25, -0.2) is 4.98 Å². The van der Waals surface area contributed by atoms with Gasteiger partial charge >= 0.3 is 0 Å². The zero-order valence-electron chi connectivity index (χ0n) is 6.58. The van der Waals surface area contributed by atoms with Crippen molar-refractivity contribution in [3.63, 3.8) is 0 Å². The molecule has 2 N–H and O–H groups in total. The van der Waals surface area contributed by atoms with E-state index >= 15 is 0 Å². The topological polar surface area (TPSA) is 38.9 Å². The lowest BCUT2D eigenvalue weighted by molar-refractivity contribution is 1.01. The number of rotatable bonds is 3. The largest absolute Gasteiger partial charge is 0.330 e. The zero-order chi connectivity index (χ0) is 8.10. The van der Waals surface area contributed by atoms with Crippen molar-refractivity contribution < 1.29 is 0 Å².